The molecule has 0 fully saturated rings. The van der Waals surface area contributed by atoms with E-state index in [1.807, 2.05) is 12.1 Å². The van der Waals surface area contributed by atoms with Crippen LogP contribution in [0.25, 0.3) is 0 Å². The summed E-state index contributed by atoms with van der Waals surface area (Å²) in [6, 6.07) is 5.61. The fraction of sp³-hybridized carbons (Fsp3) is 0.300. The average Bonchev–Trinajstić information content (AvgIpc) is 2.17. The van der Waals surface area contributed by atoms with Gasteiger partial charge in [-0.3, -0.25) is 0 Å². The van der Waals surface area contributed by atoms with Crippen molar-refractivity contribution in [3.05, 3.63) is 33.8 Å². The standard InChI is InChI=1S/C10H12BBrO2/c1-11-6-7-5-8(12)3-4-9(7)10(13)14-2/h3-5,11H,6H2,1-2H3. The van der Waals surface area contributed by atoms with Gasteiger partial charge >= 0.3 is 5.97 Å². The Morgan fingerprint density at radius 3 is 2.86 bits per heavy atom. The van der Waals surface area contributed by atoms with Gasteiger partial charge in [0.1, 0.15) is 7.28 Å². The van der Waals surface area contributed by atoms with Crippen LogP contribution >= 0.6 is 15.9 Å². The van der Waals surface area contributed by atoms with Crippen LogP contribution in [0.1, 0.15) is 15.9 Å². The van der Waals surface area contributed by atoms with Crippen molar-refractivity contribution < 1.29 is 9.53 Å². The second-order valence-corrected chi connectivity index (χ2v) is 3.96. The number of hydrogen-bond donors (Lipinski definition) is 0. The van der Waals surface area contributed by atoms with Gasteiger partial charge in [0.2, 0.25) is 0 Å². The highest BCUT2D eigenvalue weighted by atomic mass is 79.9. The molecular weight excluding hydrogens is 243 g/mol. The largest absolute Gasteiger partial charge is 0.465 e. The van der Waals surface area contributed by atoms with Crippen LogP contribution in [0.5, 0.6) is 0 Å². The second kappa shape index (κ2) is 5.20. The molecule has 1 aromatic rings. The maximum atomic E-state index is 11.4. The minimum Gasteiger partial charge on any atom is -0.465 e. The summed E-state index contributed by atoms with van der Waals surface area (Å²) in [5.41, 5.74) is 1.70. The average molecular weight is 255 g/mol. The Balaban J connectivity index is 3.07. The zero-order valence-corrected chi connectivity index (χ0v) is 9.93. The highest BCUT2D eigenvalue weighted by Gasteiger charge is 2.10. The molecule has 4 heteroatoms. The van der Waals surface area contributed by atoms with Crippen LogP contribution in [-0.2, 0) is 11.1 Å². The molecule has 0 unspecified atom stereocenters. The summed E-state index contributed by atoms with van der Waals surface area (Å²) in [5.74, 6) is -0.263. The minimum absolute atomic E-state index is 0.263. The summed E-state index contributed by atoms with van der Waals surface area (Å²) in [4.78, 5) is 11.4. The molecule has 0 aliphatic rings. The van der Waals surface area contributed by atoms with E-state index < -0.39 is 0 Å². The van der Waals surface area contributed by atoms with Crippen molar-refractivity contribution in [1.29, 1.82) is 0 Å². The lowest BCUT2D eigenvalue weighted by molar-refractivity contribution is 0.0600. The maximum absolute atomic E-state index is 11.4. The summed E-state index contributed by atoms with van der Waals surface area (Å²) in [6.07, 6.45) is 0.893. The van der Waals surface area contributed by atoms with Crippen LogP contribution in [0.2, 0.25) is 6.82 Å². The Labute approximate surface area is 93.0 Å². The molecule has 1 rings (SSSR count). The molecule has 0 amide bonds. The Kier molecular flexibility index (Phi) is 4.20. The van der Waals surface area contributed by atoms with E-state index in [-0.39, 0.29) is 5.97 Å². The molecule has 0 bridgehead atoms. The van der Waals surface area contributed by atoms with E-state index in [1.165, 1.54) is 7.11 Å². The fourth-order valence-corrected chi connectivity index (χ4v) is 1.76. The maximum Gasteiger partial charge on any atom is 0.338 e. The first-order chi connectivity index (χ1) is 6.69. The van der Waals surface area contributed by atoms with Crippen molar-refractivity contribution in [2.45, 2.75) is 13.1 Å². The quantitative estimate of drug-likeness (QED) is 0.611. The molecule has 0 heterocycles. The number of halogens is 1. The molecule has 74 valence electrons. The highest BCUT2D eigenvalue weighted by Crippen LogP contribution is 2.17. The Hall–Kier alpha value is -0.765. The van der Waals surface area contributed by atoms with Gasteiger partial charge in [-0.1, -0.05) is 29.1 Å². The molecule has 2 nitrogen and oxygen atoms in total. The summed E-state index contributed by atoms with van der Waals surface area (Å²) in [6.45, 7) is 2.09. The molecule has 0 spiro atoms. The van der Waals surface area contributed by atoms with Gasteiger partial charge in [0.25, 0.3) is 0 Å². The van der Waals surface area contributed by atoms with Gasteiger partial charge < -0.3 is 4.74 Å². The van der Waals surface area contributed by atoms with Gasteiger partial charge in [-0.05, 0) is 23.8 Å². The number of methoxy groups -OCH3 is 1. The predicted octanol–water partition coefficient (Wildman–Crippen LogP) is 2.22. The van der Waals surface area contributed by atoms with E-state index in [2.05, 4.69) is 22.8 Å². The van der Waals surface area contributed by atoms with Crippen LogP contribution < -0.4 is 0 Å². The first-order valence-electron chi connectivity index (χ1n) is 4.55. The molecule has 0 atom stereocenters. The van der Waals surface area contributed by atoms with Gasteiger partial charge in [0.05, 0.1) is 12.7 Å². The van der Waals surface area contributed by atoms with Gasteiger partial charge in [0.15, 0.2) is 0 Å². The lowest BCUT2D eigenvalue weighted by atomic mass is 9.74. The number of carbonyl (C=O) groups is 1. The van der Waals surface area contributed by atoms with Gasteiger partial charge in [-0.2, -0.15) is 0 Å². The number of ether oxygens (including phenoxy) is 1. The molecule has 0 aromatic heterocycles. The summed E-state index contributed by atoms with van der Waals surface area (Å²) in [7, 11) is 2.42. The van der Waals surface area contributed by atoms with Crippen molar-refractivity contribution in [1.82, 2.24) is 0 Å². The number of esters is 1. The third-order valence-corrected chi connectivity index (χ3v) is 2.49. The summed E-state index contributed by atoms with van der Waals surface area (Å²) < 4.78 is 5.70. The number of benzene rings is 1. The first kappa shape index (κ1) is 11.3. The number of hydrogen-bond acceptors (Lipinski definition) is 2. The van der Waals surface area contributed by atoms with Crippen LogP contribution in [0.15, 0.2) is 22.7 Å². The van der Waals surface area contributed by atoms with Crippen molar-refractivity contribution in [2.24, 2.45) is 0 Å². The van der Waals surface area contributed by atoms with Crippen molar-refractivity contribution >= 4 is 29.2 Å². The van der Waals surface area contributed by atoms with E-state index >= 15 is 0 Å². The van der Waals surface area contributed by atoms with Crippen molar-refractivity contribution in [2.75, 3.05) is 7.11 Å². The predicted molar refractivity (Wildman–Crippen MR) is 62.2 cm³/mol. The topological polar surface area (TPSA) is 26.3 Å². The first-order valence-corrected chi connectivity index (χ1v) is 5.35. The van der Waals surface area contributed by atoms with Crippen LogP contribution in [0.3, 0.4) is 0 Å². The van der Waals surface area contributed by atoms with E-state index in [0.29, 0.717) is 5.56 Å². The molecule has 0 saturated carbocycles. The van der Waals surface area contributed by atoms with Gasteiger partial charge in [-0.15, -0.1) is 0 Å². The second-order valence-electron chi connectivity index (χ2n) is 3.04. The molecule has 0 radical (unpaired) electrons. The Morgan fingerprint density at radius 2 is 2.29 bits per heavy atom. The lowest BCUT2D eigenvalue weighted by Crippen LogP contribution is -2.07. The van der Waals surface area contributed by atoms with Crippen molar-refractivity contribution in [3.63, 3.8) is 0 Å². The van der Waals surface area contributed by atoms with Crippen LogP contribution in [0, 0.1) is 0 Å². The van der Waals surface area contributed by atoms with Crippen LogP contribution in [-0.4, -0.2) is 20.4 Å². The third kappa shape index (κ3) is 2.61. The van der Waals surface area contributed by atoms with Gasteiger partial charge in [0, 0.05) is 4.47 Å². The molecular formula is C10H12BBrO2. The molecule has 0 saturated heterocycles. The molecule has 0 aliphatic heterocycles. The zero-order valence-electron chi connectivity index (χ0n) is 8.34. The summed E-state index contributed by atoms with van der Waals surface area (Å²) >= 11 is 3.39. The SMILES string of the molecule is CBCc1cc(Br)ccc1C(=O)OC. The highest BCUT2D eigenvalue weighted by molar-refractivity contribution is 9.10. The zero-order chi connectivity index (χ0) is 10.6. The molecule has 1 aromatic carbocycles. The van der Waals surface area contributed by atoms with E-state index in [0.717, 1.165) is 23.6 Å². The van der Waals surface area contributed by atoms with E-state index in [4.69, 9.17) is 4.74 Å². The minimum atomic E-state index is -0.263. The lowest BCUT2D eigenvalue weighted by Gasteiger charge is -2.06. The fourth-order valence-electron chi connectivity index (χ4n) is 1.35. The molecule has 14 heavy (non-hydrogen) atoms. The summed E-state index contributed by atoms with van der Waals surface area (Å²) in [5, 5.41) is 0. The number of carbonyl (C=O) groups excluding carboxylic acids is 1. The van der Waals surface area contributed by atoms with Crippen molar-refractivity contribution in [3.8, 4) is 0 Å². The van der Waals surface area contributed by atoms with Gasteiger partial charge in [-0.25, -0.2) is 4.79 Å². The Morgan fingerprint density at radius 1 is 1.57 bits per heavy atom. The smallest absolute Gasteiger partial charge is 0.338 e. The van der Waals surface area contributed by atoms with E-state index in [1.54, 1.807) is 6.07 Å². The monoisotopic (exact) mass is 254 g/mol. The normalized spacial score (nSPS) is 9.64. The third-order valence-electron chi connectivity index (χ3n) is 1.99. The van der Waals surface area contributed by atoms with Crippen LogP contribution in [0.4, 0.5) is 0 Å². The Bertz CT molecular complexity index is 339. The molecule has 0 N–H and O–H groups in total. The number of rotatable bonds is 3. The van der Waals surface area contributed by atoms with E-state index in [9.17, 15) is 4.79 Å². The molecule has 0 aliphatic carbocycles.